The lowest BCUT2D eigenvalue weighted by atomic mass is 9.88. The third-order valence-electron chi connectivity index (χ3n) is 7.76. The van der Waals surface area contributed by atoms with E-state index in [-0.39, 0.29) is 11.5 Å². The van der Waals surface area contributed by atoms with Crippen LogP contribution in [0.2, 0.25) is 0 Å². The van der Waals surface area contributed by atoms with E-state index in [1.165, 1.54) is 38.5 Å². The van der Waals surface area contributed by atoms with Gasteiger partial charge in [-0.3, -0.25) is 9.59 Å². The summed E-state index contributed by atoms with van der Waals surface area (Å²) >= 11 is 0. The summed E-state index contributed by atoms with van der Waals surface area (Å²) in [6.45, 7) is 0. The molecular weight excluding hydrogens is 408 g/mol. The minimum Gasteiger partial charge on any atom is -0.333 e. The number of pyridine rings is 1. The molecule has 1 aromatic heterocycles. The van der Waals surface area contributed by atoms with Gasteiger partial charge in [0.15, 0.2) is 0 Å². The Balaban J connectivity index is 1.41. The average Bonchev–Trinajstić information content (AvgIpc) is 2.87. The minimum absolute atomic E-state index is 0.00130. The Hall–Kier alpha value is -2.88. The van der Waals surface area contributed by atoms with E-state index < -0.39 is 0 Å². The Kier molecular flexibility index (Phi) is 6.34. The first-order valence-electron chi connectivity index (χ1n) is 12.6. The van der Waals surface area contributed by atoms with E-state index in [9.17, 15) is 9.59 Å². The fraction of sp³-hybridized carbons (Fsp3) is 0.448. The Morgan fingerprint density at radius 3 is 1.94 bits per heavy atom. The Labute approximate surface area is 196 Å². The molecule has 172 valence electrons. The average molecular weight is 443 g/mol. The normalized spacial score (nSPS) is 17.8. The second-order valence-electron chi connectivity index (χ2n) is 9.88. The van der Waals surface area contributed by atoms with Crippen LogP contribution in [0, 0.1) is 0 Å². The molecule has 5 rings (SSSR count). The molecule has 2 saturated carbocycles. The van der Waals surface area contributed by atoms with E-state index >= 15 is 0 Å². The number of carbonyl (C=O) groups is 1. The number of carbonyl (C=O) groups excluding carboxylic acids is 1. The van der Waals surface area contributed by atoms with Gasteiger partial charge < -0.3 is 9.47 Å². The molecule has 2 aromatic carbocycles. The van der Waals surface area contributed by atoms with E-state index in [0.29, 0.717) is 12.1 Å². The topological polar surface area (TPSA) is 42.3 Å². The zero-order valence-electron chi connectivity index (χ0n) is 19.6. The predicted molar refractivity (Wildman–Crippen MR) is 135 cm³/mol. The van der Waals surface area contributed by atoms with Crippen molar-refractivity contribution in [1.82, 2.24) is 9.47 Å². The first-order valence-corrected chi connectivity index (χ1v) is 12.6. The smallest absolute Gasteiger partial charge is 0.254 e. The molecule has 33 heavy (non-hydrogen) atoms. The van der Waals surface area contributed by atoms with Crippen molar-refractivity contribution in [2.45, 2.75) is 76.3 Å². The quantitative estimate of drug-likeness (QED) is 0.475. The molecule has 0 saturated heterocycles. The molecule has 3 aromatic rings. The van der Waals surface area contributed by atoms with Gasteiger partial charge in [-0.05, 0) is 72.5 Å². The predicted octanol–water partition coefficient (Wildman–Crippen LogP) is 6.31. The third kappa shape index (κ3) is 4.48. The summed E-state index contributed by atoms with van der Waals surface area (Å²) in [5.74, 6) is 0.217. The molecule has 0 unspecified atom stereocenters. The van der Waals surface area contributed by atoms with E-state index in [4.69, 9.17) is 0 Å². The van der Waals surface area contributed by atoms with Crippen LogP contribution in [-0.4, -0.2) is 27.5 Å². The highest BCUT2D eigenvalue weighted by Gasteiger charge is 2.32. The van der Waals surface area contributed by atoms with Crippen LogP contribution in [0.15, 0.2) is 59.4 Å². The maximum absolute atomic E-state index is 13.7. The second-order valence-corrected chi connectivity index (χ2v) is 9.88. The lowest BCUT2D eigenvalue weighted by Gasteiger charge is -2.42. The summed E-state index contributed by atoms with van der Waals surface area (Å²) in [5, 5.41) is 1.04. The molecule has 1 heterocycles. The molecule has 2 aliphatic rings. The van der Waals surface area contributed by atoms with Gasteiger partial charge in [-0.2, -0.15) is 0 Å². The van der Waals surface area contributed by atoms with Gasteiger partial charge in [0.2, 0.25) is 0 Å². The Morgan fingerprint density at radius 2 is 1.33 bits per heavy atom. The summed E-state index contributed by atoms with van der Waals surface area (Å²) in [4.78, 5) is 27.9. The van der Waals surface area contributed by atoms with Crippen molar-refractivity contribution in [2.75, 3.05) is 0 Å². The van der Waals surface area contributed by atoms with Crippen LogP contribution >= 0.6 is 0 Å². The van der Waals surface area contributed by atoms with Crippen molar-refractivity contribution < 1.29 is 4.79 Å². The maximum Gasteiger partial charge on any atom is 0.254 e. The van der Waals surface area contributed by atoms with E-state index in [2.05, 4.69) is 29.2 Å². The van der Waals surface area contributed by atoms with Gasteiger partial charge in [0.1, 0.15) is 0 Å². The van der Waals surface area contributed by atoms with Crippen LogP contribution in [-0.2, 0) is 7.05 Å². The zero-order chi connectivity index (χ0) is 22.8. The van der Waals surface area contributed by atoms with Gasteiger partial charge in [0, 0.05) is 30.8 Å². The van der Waals surface area contributed by atoms with Crippen LogP contribution in [0.4, 0.5) is 0 Å². The number of fused-ring (bicyclic) bond motifs is 1. The monoisotopic (exact) mass is 442 g/mol. The van der Waals surface area contributed by atoms with E-state index in [1.807, 2.05) is 24.3 Å². The summed E-state index contributed by atoms with van der Waals surface area (Å²) < 4.78 is 1.67. The molecule has 0 atom stereocenters. The van der Waals surface area contributed by atoms with Crippen molar-refractivity contribution in [3.8, 4) is 11.1 Å². The van der Waals surface area contributed by atoms with Gasteiger partial charge >= 0.3 is 0 Å². The van der Waals surface area contributed by atoms with Crippen LogP contribution in [0.1, 0.15) is 74.6 Å². The van der Waals surface area contributed by atoms with Crippen molar-refractivity contribution in [1.29, 1.82) is 0 Å². The number of rotatable bonds is 4. The highest BCUT2D eigenvalue weighted by molar-refractivity contribution is 5.95. The number of amides is 1. The fourth-order valence-electron chi connectivity index (χ4n) is 5.87. The van der Waals surface area contributed by atoms with Gasteiger partial charge in [0.25, 0.3) is 11.5 Å². The van der Waals surface area contributed by atoms with Gasteiger partial charge in [-0.1, -0.05) is 56.7 Å². The van der Waals surface area contributed by atoms with Crippen LogP contribution in [0.5, 0.6) is 0 Å². The van der Waals surface area contributed by atoms with Gasteiger partial charge in [0.05, 0.1) is 5.52 Å². The summed E-state index contributed by atoms with van der Waals surface area (Å²) in [6, 6.07) is 18.6. The highest BCUT2D eigenvalue weighted by atomic mass is 16.2. The molecule has 0 spiro atoms. The van der Waals surface area contributed by atoms with E-state index in [1.54, 1.807) is 17.7 Å². The number of aromatic nitrogens is 1. The van der Waals surface area contributed by atoms with Gasteiger partial charge in [-0.25, -0.2) is 0 Å². The molecule has 2 fully saturated rings. The molecule has 4 nitrogen and oxygen atoms in total. The molecule has 0 aliphatic heterocycles. The maximum atomic E-state index is 13.7. The Morgan fingerprint density at radius 1 is 0.758 bits per heavy atom. The second kappa shape index (κ2) is 9.54. The SMILES string of the molecule is Cn1c(=O)ccc2cc(-c3ccc(C(=O)N(C4CCCCC4)C4CCCCC4)cc3)ccc21. The largest absolute Gasteiger partial charge is 0.333 e. The lowest BCUT2D eigenvalue weighted by Crippen LogP contribution is -2.48. The number of hydrogen-bond donors (Lipinski definition) is 0. The molecule has 4 heteroatoms. The molecule has 2 aliphatic carbocycles. The summed E-state index contributed by atoms with van der Waals surface area (Å²) in [7, 11) is 1.80. The van der Waals surface area contributed by atoms with Crippen LogP contribution < -0.4 is 5.56 Å². The Bertz CT molecular complexity index is 1160. The van der Waals surface area contributed by atoms with Crippen molar-refractivity contribution in [2.24, 2.45) is 7.05 Å². The first-order chi connectivity index (χ1) is 16.1. The standard InChI is InChI=1S/C29H34N2O2/c1-30-27-18-16-23(20-24(27)17-19-28(30)32)21-12-14-22(15-13-21)29(33)31(25-8-4-2-5-9-25)26-10-6-3-7-11-26/h12-20,25-26H,2-11H2,1H3. The number of nitrogens with zero attached hydrogens (tertiary/aromatic N) is 2. The third-order valence-corrected chi connectivity index (χ3v) is 7.76. The van der Waals surface area contributed by atoms with Crippen LogP contribution in [0.25, 0.3) is 22.0 Å². The first kappa shape index (κ1) is 21.9. The highest BCUT2D eigenvalue weighted by Crippen LogP contribution is 2.32. The van der Waals surface area contributed by atoms with Gasteiger partial charge in [-0.15, -0.1) is 0 Å². The minimum atomic E-state index is -0.00130. The molecular formula is C29H34N2O2. The number of benzene rings is 2. The zero-order valence-corrected chi connectivity index (χ0v) is 19.6. The fourth-order valence-corrected chi connectivity index (χ4v) is 5.87. The number of hydrogen-bond acceptors (Lipinski definition) is 2. The van der Waals surface area contributed by atoms with Crippen molar-refractivity contribution in [3.05, 3.63) is 70.5 Å². The number of aryl methyl sites for hydroxylation is 1. The molecule has 0 radical (unpaired) electrons. The molecule has 0 bridgehead atoms. The lowest BCUT2D eigenvalue weighted by molar-refractivity contribution is 0.0448. The van der Waals surface area contributed by atoms with Crippen molar-refractivity contribution >= 4 is 16.8 Å². The summed E-state index contributed by atoms with van der Waals surface area (Å²) in [6.07, 6.45) is 12.2. The van der Waals surface area contributed by atoms with Crippen LogP contribution in [0.3, 0.4) is 0 Å². The van der Waals surface area contributed by atoms with Crippen molar-refractivity contribution in [3.63, 3.8) is 0 Å². The summed E-state index contributed by atoms with van der Waals surface area (Å²) in [5.41, 5.74) is 3.91. The van der Waals surface area contributed by atoms with E-state index in [0.717, 1.165) is 53.3 Å². The molecule has 0 N–H and O–H groups in total. The molecule has 1 amide bonds.